The van der Waals surface area contributed by atoms with Gasteiger partial charge in [0.15, 0.2) is 5.96 Å². The molecule has 2 heterocycles. The summed E-state index contributed by atoms with van der Waals surface area (Å²) in [5.41, 5.74) is 1.05. The highest BCUT2D eigenvalue weighted by molar-refractivity contribution is 5.79. The van der Waals surface area contributed by atoms with Crippen molar-refractivity contribution in [3.05, 3.63) is 47.3 Å². The number of rotatable bonds is 4. The van der Waals surface area contributed by atoms with Gasteiger partial charge >= 0.3 is 0 Å². The molecule has 0 saturated carbocycles. The highest BCUT2D eigenvalue weighted by Gasteiger charge is 2.22. The minimum Gasteiger partial charge on any atom is -0.356 e. The molecule has 0 bridgehead atoms. The molecule has 1 aliphatic heterocycles. The third kappa shape index (κ3) is 4.15. The average Bonchev–Trinajstić information content (AvgIpc) is 2.98. The van der Waals surface area contributed by atoms with Crippen LogP contribution in [0.4, 0.5) is 4.39 Å². The van der Waals surface area contributed by atoms with E-state index in [4.69, 9.17) is 0 Å². The molecule has 1 aromatic carbocycles. The number of halogens is 1. The summed E-state index contributed by atoms with van der Waals surface area (Å²) in [5.74, 6) is 3.23. The van der Waals surface area contributed by atoms with Crippen molar-refractivity contribution in [2.24, 2.45) is 10.9 Å². The summed E-state index contributed by atoms with van der Waals surface area (Å²) in [5, 5.41) is 11.8. The van der Waals surface area contributed by atoms with Crippen molar-refractivity contribution >= 4 is 5.96 Å². The predicted octanol–water partition coefficient (Wildman–Crippen LogP) is 2.00. The first-order valence-corrected chi connectivity index (χ1v) is 8.61. The number of nitrogens with one attached hydrogen (secondary N) is 1. The molecule has 0 radical (unpaired) electrons. The van der Waals surface area contributed by atoms with Crippen molar-refractivity contribution in [2.45, 2.75) is 32.9 Å². The molecule has 0 saturated heterocycles. The standard InChI is InChI=1S/C18H25FN6/c1-13-22-23-17-9-6-15(12-25(13)17)10-21-18(20-2)24(3)11-14-4-7-16(19)8-5-14/h4-5,7-8,15H,6,9-12H2,1-3H3,(H,20,21). The SMILES string of the molecule is CN=C(NCC1CCc2nnc(C)n2C1)N(C)Cc1ccc(F)cc1. The van der Waals surface area contributed by atoms with Crippen molar-refractivity contribution in [2.75, 3.05) is 20.6 Å². The highest BCUT2D eigenvalue weighted by atomic mass is 19.1. The van der Waals surface area contributed by atoms with E-state index in [0.29, 0.717) is 12.5 Å². The second kappa shape index (κ2) is 7.63. The van der Waals surface area contributed by atoms with Gasteiger partial charge in [0.25, 0.3) is 0 Å². The zero-order chi connectivity index (χ0) is 17.8. The third-order valence-corrected chi connectivity index (χ3v) is 4.68. The molecule has 0 aliphatic carbocycles. The molecule has 1 aromatic heterocycles. The molecule has 1 aliphatic rings. The van der Waals surface area contributed by atoms with E-state index in [9.17, 15) is 4.39 Å². The van der Waals surface area contributed by atoms with Gasteiger partial charge < -0.3 is 14.8 Å². The second-order valence-electron chi connectivity index (χ2n) is 6.59. The fraction of sp³-hybridized carbons (Fsp3) is 0.500. The number of nitrogens with zero attached hydrogens (tertiary/aromatic N) is 5. The minimum absolute atomic E-state index is 0.213. The molecule has 3 rings (SSSR count). The Balaban J connectivity index is 1.54. The molecule has 25 heavy (non-hydrogen) atoms. The summed E-state index contributed by atoms with van der Waals surface area (Å²) in [7, 11) is 3.77. The van der Waals surface area contributed by atoms with Crippen LogP contribution < -0.4 is 5.32 Å². The summed E-state index contributed by atoms with van der Waals surface area (Å²) >= 11 is 0. The van der Waals surface area contributed by atoms with Crippen molar-refractivity contribution in [3.8, 4) is 0 Å². The van der Waals surface area contributed by atoms with Gasteiger partial charge in [-0.1, -0.05) is 12.1 Å². The molecule has 0 amide bonds. The Morgan fingerprint density at radius 3 is 2.84 bits per heavy atom. The minimum atomic E-state index is -0.213. The first-order chi connectivity index (χ1) is 12.1. The van der Waals surface area contributed by atoms with E-state index in [0.717, 1.165) is 49.1 Å². The fourth-order valence-electron chi connectivity index (χ4n) is 3.26. The van der Waals surface area contributed by atoms with Crippen LogP contribution in [0.2, 0.25) is 0 Å². The van der Waals surface area contributed by atoms with Crippen LogP contribution in [0, 0.1) is 18.7 Å². The van der Waals surface area contributed by atoms with Gasteiger partial charge in [-0.2, -0.15) is 0 Å². The molecule has 2 aromatic rings. The zero-order valence-corrected chi connectivity index (χ0v) is 15.0. The Morgan fingerprint density at radius 2 is 2.12 bits per heavy atom. The Kier molecular flexibility index (Phi) is 5.31. The van der Waals surface area contributed by atoms with E-state index < -0.39 is 0 Å². The molecule has 1 N–H and O–H groups in total. The van der Waals surface area contributed by atoms with Crippen LogP contribution in [-0.4, -0.2) is 46.3 Å². The summed E-state index contributed by atoms with van der Waals surface area (Å²) in [6, 6.07) is 6.58. The first kappa shape index (κ1) is 17.4. The predicted molar refractivity (Wildman–Crippen MR) is 95.8 cm³/mol. The smallest absolute Gasteiger partial charge is 0.193 e. The van der Waals surface area contributed by atoms with E-state index in [1.807, 2.05) is 18.9 Å². The normalized spacial score (nSPS) is 17.3. The summed E-state index contributed by atoms with van der Waals surface area (Å²) in [6.07, 6.45) is 2.07. The van der Waals surface area contributed by atoms with Crippen LogP contribution in [0.15, 0.2) is 29.3 Å². The molecular formula is C18H25FN6. The van der Waals surface area contributed by atoms with Gasteiger partial charge in [0, 0.05) is 40.2 Å². The Labute approximate surface area is 147 Å². The van der Waals surface area contributed by atoms with Gasteiger partial charge in [-0.3, -0.25) is 4.99 Å². The lowest BCUT2D eigenvalue weighted by molar-refractivity contribution is 0.352. The molecule has 1 atom stereocenters. The Morgan fingerprint density at radius 1 is 1.36 bits per heavy atom. The number of aryl methyl sites for hydroxylation is 2. The number of aliphatic imine (C=N–C) groups is 1. The van der Waals surface area contributed by atoms with Gasteiger partial charge in [0.1, 0.15) is 17.5 Å². The van der Waals surface area contributed by atoms with E-state index in [1.54, 1.807) is 19.2 Å². The van der Waals surface area contributed by atoms with Crippen LogP contribution in [0.3, 0.4) is 0 Å². The fourth-order valence-corrected chi connectivity index (χ4v) is 3.26. The highest BCUT2D eigenvalue weighted by Crippen LogP contribution is 2.19. The lowest BCUT2D eigenvalue weighted by Gasteiger charge is -2.27. The molecule has 6 nitrogen and oxygen atoms in total. The Bertz CT molecular complexity index is 737. The van der Waals surface area contributed by atoms with Crippen LogP contribution >= 0.6 is 0 Å². The van der Waals surface area contributed by atoms with Crippen LogP contribution in [-0.2, 0) is 19.5 Å². The van der Waals surface area contributed by atoms with Crippen molar-refractivity contribution in [3.63, 3.8) is 0 Å². The number of hydrogen-bond donors (Lipinski definition) is 1. The van der Waals surface area contributed by atoms with Crippen molar-refractivity contribution < 1.29 is 4.39 Å². The van der Waals surface area contributed by atoms with Gasteiger partial charge in [0.2, 0.25) is 0 Å². The van der Waals surface area contributed by atoms with Crippen LogP contribution in [0.1, 0.15) is 23.6 Å². The van der Waals surface area contributed by atoms with E-state index >= 15 is 0 Å². The molecule has 1 unspecified atom stereocenters. The lowest BCUT2D eigenvalue weighted by atomic mass is 9.99. The lowest BCUT2D eigenvalue weighted by Crippen LogP contribution is -2.42. The molecule has 0 fully saturated rings. The monoisotopic (exact) mass is 344 g/mol. The molecule has 134 valence electrons. The van der Waals surface area contributed by atoms with Gasteiger partial charge in [0.05, 0.1) is 0 Å². The van der Waals surface area contributed by atoms with E-state index in [1.165, 1.54) is 12.1 Å². The largest absolute Gasteiger partial charge is 0.356 e. The van der Waals surface area contributed by atoms with Gasteiger partial charge in [-0.25, -0.2) is 4.39 Å². The number of guanidine groups is 1. The average molecular weight is 344 g/mol. The topological polar surface area (TPSA) is 58.3 Å². The molecule has 0 spiro atoms. The number of aromatic nitrogens is 3. The second-order valence-corrected chi connectivity index (χ2v) is 6.59. The number of benzene rings is 1. The molecule has 7 heteroatoms. The van der Waals surface area contributed by atoms with E-state index in [-0.39, 0.29) is 5.82 Å². The maximum absolute atomic E-state index is 13.0. The third-order valence-electron chi connectivity index (χ3n) is 4.68. The van der Waals surface area contributed by atoms with Crippen LogP contribution in [0.5, 0.6) is 0 Å². The number of hydrogen-bond acceptors (Lipinski definition) is 3. The van der Waals surface area contributed by atoms with E-state index in [2.05, 4.69) is 25.1 Å². The van der Waals surface area contributed by atoms with Crippen molar-refractivity contribution in [1.29, 1.82) is 0 Å². The van der Waals surface area contributed by atoms with Gasteiger partial charge in [-0.15, -0.1) is 10.2 Å². The Hall–Kier alpha value is -2.44. The maximum atomic E-state index is 13.0. The molecular weight excluding hydrogens is 319 g/mol. The first-order valence-electron chi connectivity index (χ1n) is 8.61. The zero-order valence-electron chi connectivity index (χ0n) is 15.0. The summed E-state index contributed by atoms with van der Waals surface area (Å²) in [4.78, 5) is 6.41. The number of fused-ring (bicyclic) bond motifs is 1. The van der Waals surface area contributed by atoms with Crippen molar-refractivity contribution in [1.82, 2.24) is 25.0 Å². The van der Waals surface area contributed by atoms with Gasteiger partial charge in [-0.05, 0) is 37.0 Å². The maximum Gasteiger partial charge on any atom is 0.193 e. The summed E-state index contributed by atoms with van der Waals surface area (Å²) in [6.45, 7) is 4.48. The quantitative estimate of drug-likeness (QED) is 0.681. The van der Waals surface area contributed by atoms with Crippen LogP contribution in [0.25, 0.3) is 0 Å². The summed E-state index contributed by atoms with van der Waals surface area (Å²) < 4.78 is 15.2.